The van der Waals surface area contributed by atoms with Gasteiger partial charge in [0, 0.05) is 31.2 Å². The molecule has 0 spiro atoms. The monoisotopic (exact) mass is 272 g/mol. The lowest BCUT2D eigenvalue weighted by Crippen LogP contribution is -2.58. The summed E-state index contributed by atoms with van der Waals surface area (Å²) in [6, 6.07) is 2.22. The van der Waals surface area contributed by atoms with E-state index in [1.807, 2.05) is 0 Å². The predicted octanol–water partition coefficient (Wildman–Crippen LogP) is 3.37. The van der Waals surface area contributed by atoms with Crippen molar-refractivity contribution in [2.75, 3.05) is 24.6 Å². The normalized spacial score (nSPS) is 27.3. The smallest absolute Gasteiger partial charge is 0.0221 e. The zero-order valence-electron chi connectivity index (χ0n) is 12.7. The molecule has 2 nitrogen and oxygen atoms in total. The van der Waals surface area contributed by atoms with Crippen LogP contribution in [0.3, 0.4) is 0 Å². The molecule has 3 heteroatoms. The van der Waals surface area contributed by atoms with E-state index in [1.165, 1.54) is 50.3 Å². The van der Waals surface area contributed by atoms with Gasteiger partial charge in [-0.15, -0.1) is 0 Å². The van der Waals surface area contributed by atoms with Crippen molar-refractivity contribution in [2.24, 2.45) is 0 Å². The van der Waals surface area contributed by atoms with Gasteiger partial charge >= 0.3 is 0 Å². The maximum atomic E-state index is 3.73. The van der Waals surface area contributed by atoms with Crippen LogP contribution >= 0.6 is 11.8 Å². The van der Waals surface area contributed by atoms with Crippen LogP contribution < -0.4 is 5.32 Å². The fourth-order valence-electron chi connectivity index (χ4n) is 2.91. The van der Waals surface area contributed by atoms with E-state index in [9.17, 15) is 0 Å². The first-order chi connectivity index (χ1) is 8.72. The highest BCUT2D eigenvalue weighted by Gasteiger charge is 2.29. The molecule has 1 aliphatic heterocycles. The van der Waals surface area contributed by atoms with E-state index < -0.39 is 0 Å². The molecule has 0 aromatic heterocycles. The molecule has 1 heterocycles. The first-order valence-corrected chi connectivity index (χ1v) is 8.95. The minimum Gasteiger partial charge on any atom is -0.311 e. The Morgan fingerprint density at radius 1 is 1.33 bits per heavy atom. The van der Waals surface area contributed by atoms with Gasteiger partial charge in [0.15, 0.2) is 0 Å². The summed E-state index contributed by atoms with van der Waals surface area (Å²) in [5.74, 6) is 2.57. The van der Waals surface area contributed by atoms with Crippen molar-refractivity contribution in [3.05, 3.63) is 0 Å². The van der Waals surface area contributed by atoms with Gasteiger partial charge < -0.3 is 5.32 Å². The lowest BCUT2D eigenvalue weighted by molar-refractivity contribution is 0.0824. The number of hydrogen-bond acceptors (Lipinski definition) is 3. The van der Waals surface area contributed by atoms with Crippen molar-refractivity contribution in [1.82, 2.24) is 10.2 Å². The second kappa shape index (κ2) is 9.22. The maximum absolute atomic E-state index is 3.73. The van der Waals surface area contributed by atoms with Gasteiger partial charge in [-0.2, -0.15) is 11.8 Å². The molecule has 1 N–H and O–H groups in total. The van der Waals surface area contributed by atoms with E-state index in [1.54, 1.807) is 0 Å². The van der Waals surface area contributed by atoms with Crippen LogP contribution in [0.5, 0.6) is 0 Å². The molecule has 0 aromatic rings. The molecule has 0 bridgehead atoms. The first-order valence-electron chi connectivity index (χ1n) is 7.79. The van der Waals surface area contributed by atoms with Crippen LogP contribution in [0.25, 0.3) is 0 Å². The van der Waals surface area contributed by atoms with Crippen LogP contribution in [0.15, 0.2) is 0 Å². The fourth-order valence-corrected chi connectivity index (χ4v) is 3.71. The van der Waals surface area contributed by atoms with Gasteiger partial charge in [0.25, 0.3) is 0 Å². The van der Waals surface area contributed by atoms with E-state index in [0.717, 1.165) is 18.1 Å². The average Bonchev–Trinajstić information content (AvgIpc) is 2.39. The number of piperazine rings is 1. The highest BCUT2D eigenvalue weighted by molar-refractivity contribution is 7.99. The predicted molar refractivity (Wildman–Crippen MR) is 84.6 cm³/mol. The topological polar surface area (TPSA) is 15.3 Å². The van der Waals surface area contributed by atoms with Crippen molar-refractivity contribution in [3.63, 3.8) is 0 Å². The number of rotatable bonds is 8. The minimum absolute atomic E-state index is 0.721. The second-order valence-corrected chi connectivity index (χ2v) is 6.88. The molecule has 3 unspecified atom stereocenters. The van der Waals surface area contributed by atoms with Gasteiger partial charge in [0.1, 0.15) is 0 Å². The molecule has 0 radical (unpaired) electrons. The summed E-state index contributed by atoms with van der Waals surface area (Å²) in [5, 5.41) is 3.73. The molecule has 0 saturated carbocycles. The Labute approximate surface area is 118 Å². The van der Waals surface area contributed by atoms with Gasteiger partial charge in [-0.25, -0.2) is 0 Å². The quantitative estimate of drug-likeness (QED) is 0.682. The van der Waals surface area contributed by atoms with E-state index in [4.69, 9.17) is 0 Å². The Bertz CT molecular complexity index is 211. The molecular weight excluding hydrogens is 240 g/mol. The Morgan fingerprint density at radius 2 is 2.11 bits per heavy atom. The number of nitrogens with zero attached hydrogens (tertiary/aromatic N) is 1. The second-order valence-electron chi connectivity index (χ2n) is 5.49. The van der Waals surface area contributed by atoms with Crippen LogP contribution in [0, 0.1) is 0 Å². The third-order valence-electron chi connectivity index (χ3n) is 4.10. The minimum atomic E-state index is 0.721. The van der Waals surface area contributed by atoms with Gasteiger partial charge in [-0.1, -0.05) is 27.2 Å². The first kappa shape index (κ1) is 16.3. The van der Waals surface area contributed by atoms with Crippen LogP contribution in [0.2, 0.25) is 0 Å². The third-order valence-corrected chi connectivity index (χ3v) is 5.03. The molecule has 0 amide bonds. The summed E-state index contributed by atoms with van der Waals surface area (Å²) < 4.78 is 0. The summed E-state index contributed by atoms with van der Waals surface area (Å²) >= 11 is 2.08. The number of thioether (sulfide) groups is 1. The number of nitrogens with one attached hydrogen (secondary N) is 1. The standard InChI is InChI=1S/C15H32N2S/c1-5-8-14-12-17(15(6-2)11-16-14)13(4)9-10-18-7-3/h13-16H,5-12H2,1-4H3. The summed E-state index contributed by atoms with van der Waals surface area (Å²) in [5.41, 5.74) is 0. The average molecular weight is 273 g/mol. The molecular formula is C15H32N2S. The zero-order valence-corrected chi connectivity index (χ0v) is 13.6. The maximum Gasteiger partial charge on any atom is 0.0221 e. The Kier molecular flexibility index (Phi) is 8.36. The lowest BCUT2D eigenvalue weighted by atomic mass is 10.0. The molecule has 1 saturated heterocycles. The highest BCUT2D eigenvalue weighted by Crippen LogP contribution is 2.19. The Morgan fingerprint density at radius 3 is 2.72 bits per heavy atom. The van der Waals surface area contributed by atoms with Gasteiger partial charge in [0.05, 0.1) is 0 Å². The van der Waals surface area contributed by atoms with Crippen molar-refractivity contribution in [1.29, 1.82) is 0 Å². The summed E-state index contributed by atoms with van der Waals surface area (Å²) in [7, 11) is 0. The fraction of sp³-hybridized carbons (Fsp3) is 1.00. The van der Waals surface area contributed by atoms with E-state index in [-0.39, 0.29) is 0 Å². The van der Waals surface area contributed by atoms with E-state index >= 15 is 0 Å². The SMILES string of the molecule is CCCC1CN(C(C)CCSCC)C(CC)CN1. The van der Waals surface area contributed by atoms with Crippen molar-refractivity contribution < 1.29 is 0 Å². The zero-order chi connectivity index (χ0) is 13.4. The summed E-state index contributed by atoms with van der Waals surface area (Å²) in [6.45, 7) is 11.7. The largest absolute Gasteiger partial charge is 0.311 e. The molecule has 0 aliphatic carbocycles. The molecule has 1 rings (SSSR count). The molecule has 0 aromatic carbocycles. The van der Waals surface area contributed by atoms with E-state index in [2.05, 4.69) is 49.7 Å². The molecule has 1 aliphatic rings. The van der Waals surface area contributed by atoms with Crippen molar-refractivity contribution in [2.45, 2.75) is 71.5 Å². The van der Waals surface area contributed by atoms with Crippen LogP contribution in [0.4, 0.5) is 0 Å². The molecule has 3 atom stereocenters. The molecule has 1 fully saturated rings. The Balaban J connectivity index is 2.45. The molecule has 18 heavy (non-hydrogen) atoms. The van der Waals surface area contributed by atoms with Crippen LogP contribution in [-0.4, -0.2) is 47.6 Å². The van der Waals surface area contributed by atoms with Gasteiger partial charge in [-0.3, -0.25) is 4.90 Å². The van der Waals surface area contributed by atoms with Gasteiger partial charge in [-0.05, 0) is 37.7 Å². The summed E-state index contributed by atoms with van der Waals surface area (Å²) in [4.78, 5) is 2.77. The molecule has 108 valence electrons. The van der Waals surface area contributed by atoms with Crippen LogP contribution in [-0.2, 0) is 0 Å². The third kappa shape index (κ3) is 5.10. The van der Waals surface area contributed by atoms with Crippen molar-refractivity contribution >= 4 is 11.8 Å². The van der Waals surface area contributed by atoms with E-state index in [0.29, 0.717) is 0 Å². The van der Waals surface area contributed by atoms with Gasteiger partial charge in [0.2, 0.25) is 0 Å². The summed E-state index contributed by atoms with van der Waals surface area (Å²) in [6.07, 6.45) is 5.23. The highest BCUT2D eigenvalue weighted by atomic mass is 32.2. The van der Waals surface area contributed by atoms with Crippen LogP contribution in [0.1, 0.15) is 53.4 Å². The van der Waals surface area contributed by atoms with Crippen molar-refractivity contribution in [3.8, 4) is 0 Å². The number of hydrogen-bond donors (Lipinski definition) is 1. The Hall–Kier alpha value is 0.270. The lowest BCUT2D eigenvalue weighted by Gasteiger charge is -2.43.